The second kappa shape index (κ2) is 7.69. The lowest BCUT2D eigenvalue weighted by Crippen LogP contribution is -2.43. The summed E-state index contributed by atoms with van der Waals surface area (Å²) < 4.78 is 24.2. The van der Waals surface area contributed by atoms with Gasteiger partial charge in [0.25, 0.3) is 0 Å². The summed E-state index contributed by atoms with van der Waals surface area (Å²) in [5.74, 6) is -0.309. The number of ether oxygens (including phenoxy) is 2. The van der Waals surface area contributed by atoms with Crippen molar-refractivity contribution in [3.63, 3.8) is 0 Å². The highest BCUT2D eigenvalue weighted by Gasteiger charge is 2.22. The van der Waals surface area contributed by atoms with E-state index in [0.717, 1.165) is 6.54 Å². The van der Waals surface area contributed by atoms with Crippen molar-refractivity contribution < 1.29 is 13.9 Å². The first-order chi connectivity index (χ1) is 8.63. The molecule has 0 saturated carbocycles. The Hall–Kier alpha value is -0.680. The molecule has 0 spiro atoms. The van der Waals surface area contributed by atoms with Gasteiger partial charge in [0, 0.05) is 24.8 Å². The molecule has 1 aromatic rings. The molecule has 3 nitrogen and oxygen atoms in total. The highest BCUT2D eigenvalue weighted by molar-refractivity contribution is 6.31. The molecule has 0 radical (unpaired) electrons. The van der Waals surface area contributed by atoms with Crippen LogP contribution in [0, 0.1) is 5.82 Å². The van der Waals surface area contributed by atoms with Crippen molar-refractivity contribution in [2.75, 3.05) is 20.8 Å². The van der Waals surface area contributed by atoms with E-state index in [2.05, 4.69) is 5.32 Å². The number of hydrogen-bond acceptors (Lipinski definition) is 3. The van der Waals surface area contributed by atoms with Crippen molar-refractivity contribution >= 4 is 11.6 Å². The van der Waals surface area contributed by atoms with E-state index in [1.54, 1.807) is 26.4 Å². The minimum absolute atomic E-state index is 0.153. The lowest BCUT2D eigenvalue weighted by Gasteiger charge is -2.26. The largest absolute Gasteiger partial charge is 0.354 e. The molecular weight excluding hydrogens is 257 g/mol. The molecule has 0 aliphatic rings. The normalized spacial score (nSPS) is 13.0. The van der Waals surface area contributed by atoms with Crippen LogP contribution in [0.4, 0.5) is 4.39 Å². The van der Waals surface area contributed by atoms with E-state index < -0.39 is 6.29 Å². The Bertz CT molecular complexity index is 352. The first-order valence-electron chi connectivity index (χ1n) is 5.85. The van der Waals surface area contributed by atoms with Crippen LogP contribution in [-0.4, -0.2) is 33.1 Å². The maximum absolute atomic E-state index is 13.7. The van der Waals surface area contributed by atoms with Gasteiger partial charge in [-0.05, 0) is 25.1 Å². The van der Waals surface area contributed by atoms with E-state index in [4.69, 9.17) is 21.1 Å². The summed E-state index contributed by atoms with van der Waals surface area (Å²) >= 11 is 6.02. The van der Waals surface area contributed by atoms with Gasteiger partial charge in [-0.3, -0.25) is 0 Å². The molecule has 0 aliphatic heterocycles. The Labute approximate surface area is 112 Å². The van der Waals surface area contributed by atoms with Gasteiger partial charge < -0.3 is 14.8 Å². The van der Waals surface area contributed by atoms with Crippen LogP contribution < -0.4 is 5.32 Å². The maximum Gasteiger partial charge on any atom is 0.172 e. The molecule has 1 rings (SSSR count). The minimum atomic E-state index is -0.444. The van der Waals surface area contributed by atoms with E-state index in [9.17, 15) is 4.39 Å². The fourth-order valence-corrected chi connectivity index (χ4v) is 2.14. The Morgan fingerprint density at radius 2 is 2.00 bits per heavy atom. The maximum atomic E-state index is 13.7. The summed E-state index contributed by atoms with van der Waals surface area (Å²) in [4.78, 5) is 0. The molecule has 102 valence electrons. The van der Waals surface area contributed by atoms with E-state index >= 15 is 0 Å². The number of benzene rings is 1. The predicted octanol–water partition coefficient (Wildman–Crippen LogP) is 2.62. The smallest absolute Gasteiger partial charge is 0.172 e. The Kier molecular flexibility index (Phi) is 6.57. The topological polar surface area (TPSA) is 30.5 Å². The standard InChI is InChI=1S/C13H19ClFNO2/c1-4-16-12(13(17-2)18-3)8-9-10(14)6-5-7-11(9)15/h5-7,12-13,16H,4,8H2,1-3H3. The van der Waals surface area contributed by atoms with Crippen LogP contribution >= 0.6 is 11.6 Å². The van der Waals surface area contributed by atoms with Gasteiger partial charge in [0.1, 0.15) is 5.82 Å². The second-order valence-electron chi connectivity index (χ2n) is 3.91. The van der Waals surface area contributed by atoms with Gasteiger partial charge in [-0.1, -0.05) is 24.6 Å². The Morgan fingerprint density at radius 3 is 2.50 bits per heavy atom. The molecule has 0 aliphatic carbocycles. The molecule has 1 unspecified atom stereocenters. The van der Waals surface area contributed by atoms with Crippen LogP contribution in [0.1, 0.15) is 12.5 Å². The molecular formula is C13H19ClFNO2. The lowest BCUT2D eigenvalue weighted by atomic mass is 10.0. The van der Waals surface area contributed by atoms with Gasteiger partial charge in [0.2, 0.25) is 0 Å². The number of halogens is 2. The Morgan fingerprint density at radius 1 is 1.33 bits per heavy atom. The number of nitrogens with one attached hydrogen (secondary N) is 1. The lowest BCUT2D eigenvalue weighted by molar-refractivity contribution is -0.122. The number of hydrogen-bond donors (Lipinski definition) is 1. The average molecular weight is 276 g/mol. The van der Waals surface area contributed by atoms with E-state index in [1.165, 1.54) is 6.07 Å². The first-order valence-corrected chi connectivity index (χ1v) is 6.23. The van der Waals surface area contributed by atoms with E-state index in [-0.39, 0.29) is 11.9 Å². The zero-order chi connectivity index (χ0) is 13.5. The average Bonchev–Trinajstić information content (AvgIpc) is 2.35. The SMILES string of the molecule is CCNC(Cc1c(F)cccc1Cl)C(OC)OC. The molecule has 0 heterocycles. The zero-order valence-electron chi connectivity index (χ0n) is 10.9. The summed E-state index contributed by atoms with van der Waals surface area (Å²) in [6, 6.07) is 4.52. The number of rotatable bonds is 7. The van der Waals surface area contributed by atoms with Gasteiger partial charge >= 0.3 is 0 Å². The molecule has 5 heteroatoms. The molecule has 1 atom stereocenters. The van der Waals surface area contributed by atoms with Crippen LogP contribution in [0.25, 0.3) is 0 Å². The quantitative estimate of drug-likeness (QED) is 0.776. The van der Waals surface area contributed by atoms with Crippen LogP contribution in [0.5, 0.6) is 0 Å². The van der Waals surface area contributed by atoms with Crippen molar-refractivity contribution in [2.45, 2.75) is 25.7 Å². The summed E-state index contributed by atoms with van der Waals surface area (Å²) in [5, 5.41) is 3.63. The van der Waals surface area contributed by atoms with Crippen molar-refractivity contribution in [1.29, 1.82) is 0 Å². The first kappa shape index (κ1) is 15.4. The fraction of sp³-hybridized carbons (Fsp3) is 0.538. The van der Waals surface area contributed by atoms with Gasteiger partial charge in [-0.15, -0.1) is 0 Å². The molecule has 18 heavy (non-hydrogen) atoms. The van der Waals surface area contributed by atoms with Crippen LogP contribution in [0.2, 0.25) is 5.02 Å². The molecule has 0 saturated heterocycles. The highest BCUT2D eigenvalue weighted by atomic mass is 35.5. The predicted molar refractivity (Wildman–Crippen MR) is 70.4 cm³/mol. The third-order valence-electron chi connectivity index (χ3n) is 2.75. The third kappa shape index (κ3) is 3.92. The summed E-state index contributed by atoms with van der Waals surface area (Å²) in [6.07, 6.45) is -0.0354. The monoisotopic (exact) mass is 275 g/mol. The van der Waals surface area contributed by atoms with Gasteiger partial charge in [-0.25, -0.2) is 4.39 Å². The summed E-state index contributed by atoms with van der Waals surface area (Å²) in [7, 11) is 3.11. The molecule has 0 aromatic heterocycles. The molecule has 0 amide bonds. The van der Waals surface area contributed by atoms with Crippen molar-refractivity contribution in [1.82, 2.24) is 5.32 Å². The molecule has 1 aromatic carbocycles. The van der Waals surface area contributed by atoms with Gasteiger partial charge in [0.15, 0.2) is 6.29 Å². The highest BCUT2D eigenvalue weighted by Crippen LogP contribution is 2.21. The van der Waals surface area contributed by atoms with E-state index in [0.29, 0.717) is 17.0 Å². The Balaban J connectivity index is 2.89. The summed E-state index contributed by atoms with van der Waals surface area (Å²) in [5.41, 5.74) is 0.476. The minimum Gasteiger partial charge on any atom is -0.354 e. The summed E-state index contributed by atoms with van der Waals surface area (Å²) in [6.45, 7) is 2.71. The van der Waals surface area contributed by atoms with Crippen LogP contribution in [0.15, 0.2) is 18.2 Å². The molecule has 1 N–H and O–H groups in total. The molecule has 0 fully saturated rings. The van der Waals surface area contributed by atoms with Gasteiger partial charge in [-0.2, -0.15) is 0 Å². The van der Waals surface area contributed by atoms with Gasteiger partial charge in [0.05, 0.1) is 6.04 Å². The van der Waals surface area contributed by atoms with E-state index in [1.807, 2.05) is 6.92 Å². The third-order valence-corrected chi connectivity index (χ3v) is 3.10. The van der Waals surface area contributed by atoms with Crippen molar-refractivity contribution in [3.05, 3.63) is 34.6 Å². The number of likely N-dealkylation sites (N-methyl/N-ethyl adjacent to an activating group) is 1. The number of methoxy groups -OCH3 is 2. The molecule has 0 bridgehead atoms. The van der Waals surface area contributed by atoms with Crippen LogP contribution in [-0.2, 0) is 15.9 Å². The second-order valence-corrected chi connectivity index (χ2v) is 4.32. The van der Waals surface area contributed by atoms with Crippen molar-refractivity contribution in [3.8, 4) is 0 Å². The fourth-order valence-electron chi connectivity index (χ4n) is 1.90. The van der Waals surface area contributed by atoms with Crippen molar-refractivity contribution in [2.24, 2.45) is 0 Å². The zero-order valence-corrected chi connectivity index (χ0v) is 11.6. The van der Waals surface area contributed by atoms with Crippen LogP contribution in [0.3, 0.4) is 0 Å².